The lowest BCUT2D eigenvalue weighted by atomic mass is 10.0. The number of nitrogens with zero attached hydrogens (tertiary/aromatic N) is 3. The molecule has 0 aliphatic carbocycles. The molecule has 0 saturated heterocycles. The van der Waals surface area contributed by atoms with Crippen LogP contribution in [0.15, 0.2) is 59.6 Å². The van der Waals surface area contributed by atoms with Crippen LogP contribution in [0.3, 0.4) is 0 Å². The monoisotopic (exact) mass is 470 g/mol. The van der Waals surface area contributed by atoms with Crippen LogP contribution in [0.1, 0.15) is 40.5 Å². The normalized spacial score (nSPS) is 13.5. The van der Waals surface area contributed by atoms with Crippen LogP contribution in [0.5, 0.6) is 0 Å². The summed E-state index contributed by atoms with van der Waals surface area (Å²) in [6.07, 6.45) is 3.58. The van der Waals surface area contributed by atoms with Crippen molar-refractivity contribution in [2.45, 2.75) is 37.6 Å². The molecule has 0 unspecified atom stereocenters. The van der Waals surface area contributed by atoms with Crippen LogP contribution in [0, 0.1) is 0 Å². The average molecular weight is 471 g/mol. The molecular weight excluding hydrogens is 448 g/mol. The van der Waals surface area contributed by atoms with Gasteiger partial charge in [-0.05, 0) is 42.2 Å². The van der Waals surface area contributed by atoms with Crippen molar-refractivity contribution in [1.29, 1.82) is 0 Å². The SMILES string of the molecule is CCCc1nc(N2CCc3ccccc3C2)ncc1C(=O)NS(=O)(=O)c1cccc(Cl)c1. The van der Waals surface area contributed by atoms with Crippen molar-refractivity contribution in [3.63, 3.8) is 0 Å². The summed E-state index contributed by atoms with van der Waals surface area (Å²) in [6.45, 7) is 3.44. The van der Waals surface area contributed by atoms with E-state index in [-0.39, 0.29) is 15.5 Å². The standard InChI is InChI=1S/C23H23ClN4O3S/c1-2-6-21-20(22(29)27-32(30,31)19-10-5-9-18(24)13-19)14-25-23(26-21)28-12-11-16-7-3-4-8-17(16)15-28/h3-5,7-10,13-14H,2,6,11-12,15H2,1H3,(H,27,29). The number of carbonyl (C=O) groups excluding carboxylic acids is 1. The maximum atomic E-state index is 12.8. The summed E-state index contributed by atoms with van der Waals surface area (Å²) >= 11 is 5.89. The van der Waals surface area contributed by atoms with E-state index in [2.05, 4.69) is 31.7 Å². The minimum atomic E-state index is -4.08. The molecule has 0 spiro atoms. The fourth-order valence-electron chi connectivity index (χ4n) is 3.71. The predicted octanol–water partition coefficient (Wildman–Crippen LogP) is 3.76. The van der Waals surface area contributed by atoms with Crippen molar-refractivity contribution in [3.05, 3.63) is 82.1 Å². The Balaban J connectivity index is 1.59. The van der Waals surface area contributed by atoms with Crippen LogP contribution in [-0.2, 0) is 29.4 Å². The van der Waals surface area contributed by atoms with E-state index < -0.39 is 15.9 Å². The van der Waals surface area contributed by atoms with Crippen LogP contribution in [0.25, 0.3) is 0 Å². The summed E-state index contributed by atoms with van der Waals surface area (Å²) < 4.78 is 27.4. The number of nitrogens with one attached hydrogen (secondary N) is 1. The average Bonchev–Trinajstić information content (AvgIpc) is 2.78. The molecule has 0 atom stereocenters. The van der Waals surface area contributed by atoms with Crippen LogP contribution in [0.2, 0.25) is 5.02 Å². The van der Waals surface area contributed by atoms with Gasteiger partial charge in [-0.3, -0.25) is 4.79 Å². The lowest BCUT2D eigenvalue weighted by Gasteiger charge is -2.29. The number of hydrogen-bond donors (Lipinski definition) is 1. The topological polar surface area (TPSA) is 92.3 Å². The Bertz CT molecular complexity index is 1260. The molecule has 2 heterocycles. The second-order valence-electron chi connectivity index (χ2n) is 7.61. The quantitative estimate of drug-likeness (QED) is 0.589. The van der Waals surface area contributed by atoms with Gasteiger partial charge in [0.15, 0.2) is 0 Å². The first-order valence-corrected chi connectivity index (χ1v) is 12.2. The predicted molar refractivity (Wildman–Crippen MR) is 123 cm³/mol. The minimum absolute atomic E-state index is 0.0834. The molecule has 0 fully saturated rings. The molecule has 0 radical (unpaired) electrons. The highest BCUT2D eigenvalue weighted by Crippen LogP contribution is 2.23. The summed E-state index contributed by atoms with van der Waals surface area (Å²) in [5.41, 5.74) is 3.22. The third-order valence-electron chi connectivity index (χ3n) is 5.33. The summed E-state index contributed by atoms with van der Waals surface area (Å²) in [7, 11) is -4.08. The highest BCUT2D eigenvalue weighted by Gasteiger charge is 2.24. The Kier molecular flexibility index (Phi) is 6.43. The molecule has 4 rings (SSSR count). The number of halogens is 1. The van der Waals surface area contributed by atoms with Crippen molar-refractivity contribution in [1.82, 2.24) is 14.7 Å². The summed E-state index contributed by atoms with van der Waals surface area (Å²) in [5, 5.41) is 0.266. The number of sulfonamides is 1. The van der Waals surface area contributed by atoms with Gasteiger partial charge >= 0.3 is 0 Å². The molecule has 1 amide bonds. The van der Waals surface area contributed by atoms with E-state index in [9.17, 15) is 13.2 Å². The minimum Gasteiger partial charge on any atom is -0.336 e. The molecule has 1 N–H and O–H groups in total. The Morgan fingerprint density at radius 2 is 1.94 bits per heavy atom. The van der Waals surface area contributed by atoms with Gasteiger partial charge in [-0.25, -0.2) is 23.1 Å². The third kappa shape index (κ3) is 4.76. The van der Waals surface area contributed by atoms with Gasteiger partial charge in [-0.1, -0.05) is 55.3 Å². The van der Waals surface area contributed by atoms with Crippen LogP contribution in [-0.4, -0.2) is 30.8 Å². The number of carbonyl (C=O) groups is 1. The van der Waals surface area contributed by atoms with E-state index >= 15 is 0 Å². The van der Waals surface area contributed by atoms with Crippen molar-refractivity contribution in [2.75, 3.05) is 11.4 Å². The van der Waals surface area contributed by atoms with E-state index in [4.69, 9.17) is 11.6 Å². The van der Waals surface area contributed by atoms with E-state index in [0.717, 1.165) is 19.4 Å². The fraction of sp³-hybridized carbons (Fsp3) is 0.261. The summed E-state index contributed by atoms with van der Waals surface area (Å²) in [5.74, 6) is -0.221. The molecular formula is C23H23ClN4O3S. The lowest BCUT2D eigenvalue weighted by molar-refractivity contribution is 0.0979. The van der Waals surface area contributed by atoms with Crippen molar-refractivity contribution in [2.24, 2.45) is 0 Å². The zero-order chi connectivity index (χ0) is 22.7. The van der Waals surface area contributed by atoms with E-state index in [0.29, 0.717) is 24.6 Å². The zero-order valence-electron chi connectivity index (χ0n) is 17.6. The van der Waals surface area contributed by atoms with Gasteiger partial charge in [0.2, 0.25) is 5.95 Å². The van der Waals surface area contributed by atoms with Gasteiger partial charge in [0.25, 0.3) is 15.9 Å². The molecule has 7 nitrogen and oxygen atoms in total. The van der Waals surface area contributed by atoms with E-state index in [1.807, 2.05) is 19.1 Å². The highest BCUT2D eigenvalue weighted by atomic mass is 35.5. The first kappa shape index (κ1) is 22.2. The second kappa shape index (κ2) is 9.26. The molecule has 32 heavy (non-hydrogen) atoms. The maximum absolute atomic E-state index is 12.8. The summed E-state index contributed by atoms with van der Waals surface area (Å²) in [4.78, 5) is 23.9. The zero-order valence-corrected chi connectivity index (χ0v) is 19.2. The highest BCUT2D eigenvalue weighted by molar-refractivity contribution is 7.90. The van der Waals surface area contributed by atoms with Gasteiger partial charge in [0.1, 0.15) is 0 Å². The van der Waals surface area contributed by atoms with Gasteiger partial charge in [-0.15, -0.1) is 0 Å². The molecule has 9 heteroatoms. The largest absolute Gasteiger partial charge is 0.336 e. The first-order valence-electron chi connectivity index (χ1n) is 10.4. The molecule has 1 aromatic heterocycles. The maximum Gasteiger partial charge on any atom is 0.268 e. The number of fused-ring (bicyclic) bond motifs is 1. The van der Waals surface area contributed by atoms with Crippen LogP contribution < -0.4 is 9.62 Å². The summed E-state index contributed by atoms with van der Waals surface area (Å²) in [6, 6.07) is 14.0. The number of aromatic nitrogens is 2. The Morgan fingerprint density at radius 3 is 2.69 bits per heavy atom. The van der Waals surface area contributed by atoms with Gasteiger partial charge in [0.05, 0.1) is 16.2 Å². The molecule has 166 valence electrons. The molecule has 1 aliphatic heterocycles. The molecule has 0 bridgehead atoms. The van der Waals surface area contributed by atoms with Crippen molar-refractivity contribution >= 4 is 33.5 Å². The molecule has 1 aliphatic rings. The first-order chi connectivity index (χ1) is 15.4. The number of hydrogen-bond acceptors (Lipinski definition) is 6. The second-order valence-corrected chi connectivity index (χ2v) is 9.73. The Morgan fingerprint density at radius 1 is 1.16 bits per heavy atom. The number of aryl methyl sites for hydroxylation is 1. The van der Waals surface area contributed by atoms with Gasteiger partial charge < -0.3 is 4.90 Å². The van der Waals surface area contributed by atoms with E-state index in [1.54, 1.807) is 6.07 Å². The lowest BCUT2D eigenvalue weighted by Crippen LogP contribution is -2.34. The number of benzene rings is 2. The van der Waals surface area contributed by atoms with E-state index in [1.165, 1.54) is 35.5 Å². The number of rotatable bonds is 6. The number of anilines is 1. The third-order valence-corrected chi connectivity index (χ3v) is 6.90. The van der Waals surface area contributed by atoms with Gasteiger partial charge in [0, 0.05) is 24.3 Å². The fourth-order valence-corrected chi connectivity index (χ4v) is 4.98. The molecule has 2 aromatic carbocycles. The number of amides is 1. The van der Waals surface area contributed by atoms with Crippen LogP contribution in [0.4, 0.5) is 5.95 Å². The van der Waals surface area contributed by atoms with Crippen molar-refractivity contribution in [3.8, 4) is 0 Å². The van der Waals surface area contributed by atoms with Crippen molar-refractivity contribution < 1.29 is 13.2 Å². The Labute approximate surface area is 192 Å². The Hall–Kier alpha value is -2.97. The molecule has 3 aromatic rings. The van der Waals surface area contributed by atoms with Gasteiger partial charge in [-0.2, -0.15) is 0 Å². The smallest absolute Gasteiger partial charge is 0.268 e. The van der Waals surface area contributed by atoms with Crippen LogP contribution >= 0.6 is 11.6 Å². The molecule has 0 saturated carbocycles.